The molecule has 0 amide bonds. The Morgan fingerprint density at radius 2 is 2.07 bits per heavy atom. The molecule has 14 heavy (non-hydrogen) atoms. The topological polar surface area (TPSA) is 54.4 Å². The molecule has 1 aromatic heterocycles. The molecule has 0 atom stereocenters. The van der Waals surface area contributed by atoms with E-state index >= 15 is 0 Å². The van der Waals surface area contributed by atoms with Gasteiger partial charge in [-0.1, -0.05) is 0 Å². The minimum atomic E-state index is -3.20. The predicted molar refractivity (Wildman–Crippen MR) is 56.6 cm³/mol. The molecule has 0 saturated heterocycles. The highest BCUT2D eigenvalue weighted by atomic mass is 32.2. The maximum atomic E-state index is 11.2. The van der Waals surface area contributed by atoms with Gasteiger partial charge in [-0.3, -0.25) is 0 Å². The van der Waals surface area contributed by atoms with Crippen LogP contribution in [-0.4, -0.2) is 19.8 Å². The lowest BCUT2D eigenvalue weighted by atomic mass is 10.2. The normalized spacial score (nSPS) is 12.1. The summed E-state index contributed by atoms with van der Waals surface area (Å²) in [5.74, 6) is 0.135. The van der Waals surface area contributed by atoms with Crippen molar-refractivity contribution in [2.45, 2.75) is 4.90 Å². The first kappa shape index (κ1) is 9.48. The lowest BCUT2D eigenvalue weighted by Gasteiger charge is -1.97. The van der Waals surface area contributed by atoms with Crippen LogP contribution in [-0.2, 0) is 9.84 Å². The van der Waals surface area contributed by atoms with E-state index in [0.29, 0.717) is 5.39 Å². The van der Waals surface area contributed by atoms with Crippen LogP contribution < -0.4 is 0 Å². The Morgan fingerprint density at radius 3 is 2.71 bits per heavy atom. The van der Waals surface area contributed by atoms with Crippen molar-refractivity contribution in [1.82, 2.24) is 0 Å². The van der Waals surface area contributed by atoms with Gasteiger partial charge in [-0.15, -0.1) is 11.3 Å². The summed E-state index contributed by atoms with van der Waals surface area (Å²) in [5, 5.41) is 11.6. The summed E-state index contributed by atoms with van der Waals surface area (Å²) in [7, 11) is -3.20. The number of rotatable bonds is 1. The van der Waals surface area contributed by atoms with Crippen molar-refractivity contribution in [1.29, 1.82) is 0 Å². The summed E-state index contributed by atoms with van der Waals surface area (Å²) < 4.78 is 23.3. The Kier molecular flexibility index (Phi) is 2.01. The molecule has 0 spiro atoms. The molecule has 3 nitrogen and oxygen atoms in total. The molecule has 0 bridgehead atoms. The van der Waals surface area contributed by atoms with Crippen molar-refractivity contribution in [3.8, 4) is 5.75 Å². The summed E-state index contributed by atoms with van der Waals surface area (Å²) in [4.78, 5) is 0.235. The quantitative estimate of drug-likeness (QED) is 0.812. The molecule has 1 N–H and O–H groups in total. The summed E-state index contributed by atoms with van der Waals surface area (Å²) in [6.07, 6.45) is 1.15. The minimum Gasteiger partial charge on any atom is -0.506 e. The molecule has 0 fully saturated rings. The number of aromatic hydroxyl groups is 1. The van der Waals surface area contributed by atoms with Gasteiger partial charge in [-0.25, -0.2) is 8.42 Å². The zero-order valence-corrected chi connectivity index (χ0v) is 9.02. The first-order chi connectivity index (χ1) is 6.48. The average Bonchev–Trinajstić information content (AvgIpc) is 2.46. The number of fused-ring (bicyclic) bond motifs is 1. The third-order valence-electron chi connectivity index (χ3n) is 1.95. The second-order valence-electron chi connectivity index (χ2n) is 3.05. The van der Waals surface area contributed by atoms with Gasteiger partial charge in [-0.2, -0.15) is 0 Å². The Balaban J connectivity index is 2.79. The maximum absolute atomic E-state index is 11.2. The molecule has 0 unspecified atom stereocenters. The number of benzene rings is 1. The molecule has 2 rings (SSSR count). The van der Waals surface area contributed by atoms with Gasteiger partial charge in [0, 0.05) is 21.7 Å². The third kappa shape index (κ3) is 1.49. The summed E-state index contributed by atoms with van der Waals surface area (Å²) in [6.45, 7) is 0. The van der Waals surface area contributed by atoms with E-state index in [1.54, 1.807) is 17.5 Å². The minimum absolute atomic E-state index is 0.135. The zero-order chi connectivity index (χ0) is 10.3. The highest BCUT2D eigenvalue weighted by Gasteiger charge is 2.10. The van der Waals surface area contributed by atoms with Crippen molar-refractivity contribution in [3.05, 3.63) is 23.6 Å². The molecule has 0 aliphatic heterocycles. The van der Waals surface area contributed by atoms with Crippen molar-refractivity contribution >= 4 is 31.3 Å². The van der Waals surface area contributed by atoms with Gasteiger partial charge in [0.05, 0.1) is 4.90 Å². The summed E-state index contributed by atoms with van der Waals surface area (Å²) in [6, 6.07) is 4.75. The van der Waals surface area contributed by atoms with E-state index in [0.717, 1.165) is 11.0 Å². The lowest BCUT2D eigenvalue weighted by molar-refractivity contribution is 0.483. The van der Waals surface area contributed by atoms with E-state index in [1.165, 1.54) is 17.4 Å². The van der Waals surface area contributed by atoms with Crippen LogP contribution in [0.2, 0.25) is 0 Å². The van der Waals surface area contributed by atoms with Crippen LogP contribution in [0.4, 0.5) is 0 Å². The predicted octanol–water partition coefficient (Wildman–Crippen LogP) is 2.01. The number of hydrogen-bond acceptors (Lipinski definition) is 4. The van der Waals surface area contributed by atoms with Crippen LogP contribution in [0.1, 0.15) is 0 Å². The van der Waals surface area contributed by atoms with Gasteiger partial charge in [0.1, 0.15) is 5.75 Å². The summed E-state index contributed by atoms with van der Waals surface area (Å²) in [5.41, 5.74) is 0. The number of sulfone groups is 1. The van der Waals surface area contributed by atoms with E-state index in [9.17, 15) is 13.5 Å². The fraction of sp³-hybridized carbons (Fsp3) is 0.111. The summed E-state index contributed by atoms with van der Waals surface area (Å²) >= 11 is 1.39. The zero-order valence-electron chi connectivity index (χ0n) is 7.39. The molecular formula is C9H8O3S2. The highest BCUT2D eigenvalue weighted by molar-refractivity contribution is 7.90. The van der Waals surface area contributed by atoms with Crippen LogP contribution >= 0.6 is 11.3 Å². The second-order valence-corrected chi connectivity index (χ2v) is 5.98. The first-order valence-corrected chi connectivity index (χ1v) is 6.66. The molecule has 1 heterocycles. The lowest BCUT2D eigenvalue weighted by Crippen LogP contribution is -1.95. The van der Waals surface area contributed by atoms with Crippen LogP contribution in [0.25, 0.3) is 10.1 Å². The Labute approximate surface area is 85.5 Å². The molecule has 0 aliphatic carbocycles. The fourth-order valence-electron chi connectivity index (χ4n) is 1.23. The van der Waals surface area contributed by atoms with Gasteiger partial charge >= 0.3 is 0 Å². The smallest absolute Gasteiger partial charge is 0.175 e. The van der Waals surface area contributed by atoms with Crippen LogP contribution in [0, 0.1) is 0 Å². The monoisotopic (exact) mass is 228 g/mol. The molecular weight excluding hydrogens is 220 g/mol. The highest BCUT2D eigenvalue weighted by Crippen LogP contribution is 2.32. The Morgan fingerprint density at radius 1 is 1.36 bits per heavy atom. The Hall–Kier alpha value is -1.07. The SMILES string of the molecule is CS(=O)(=O)c1ccc2scc(O)c2c1. The molecule has 0 aliphatic rings. The van der Waals surface area contributed by atoms with Gasteiger partial charge in [0.15, 0.2) is 9.84 Å². The van der Waals surface area contributed by atoms with Crippen molar-refractivity contribution in [2.75, 3.05) is 6.26 Å². The van der Waals surface area contributed by atoms with E-state index in [4.69, 9.17) is 0 Å². The molecule has 0 saturated carbocycles. The number of hydrogen-bond donors (Lipinski definition) is 1. The molecule has 5 heteroatoms. The molecule has 74 valence electrons. The average molecular weight is 228 g/mol. The van der Waals surface area contributed by atoms with Gasteiger partial charge in [0.2, 0.25) is 0 Å². The largest absolute Gasteiger partial charge is 0.506 e. The second kappa shape index (κ2) is 2.96. The van der Waals surface area contributed by atoms with E-state index in [2.05, 4.69) is 0 Å². The van der Waals surface area contributed by atoms with E-state index < -0.39 is 9.84 Å². The Bertz CT molecular complexity index is 581. The van der Waals surface area contributed by atoms with Crippen molar-refractivity contribution < 1.29 is 13.5 Å². The maximum Gasteiger partial charge on any atom is 0.175 e. The van der Waals surface area contributed by atoms with Crippen LogP contribution in [0.15, 0.2) is 28.5 Å². The first-order valence-electron chi connectivity index (χ1n) is 3.89. The molecule has 0 radical (unpaired) electrons. The van der Waals surface area contributed by atoms with Crippen molar-refractivity contribution in [2.24, 2.45) is 0 Å². The fourth-order valence-corrected chi connectivity index (χ4v) is 2.68. The van der Waals surface area contributed by atoms with Gasteiger partial charge < -0.3 is 5.11 Å². The van der Waals surface area contributed by atoms with Crippen LogP contribution in [0.3, 0.4) is 0 Å². The van der Waals surface area contributed by atoms with Gasteiger partial charge in [-0.05, 0) is 18.2 Å². The number of thiophene rings is 1. The standard InChI is InChI=1S/C9H8O3S2/c1-14(11,12)6-2-3-9-7(4-6)8(10)5-13-9/h2-5,10H,1H3. The van der Waals surface area contributed by atoms with Gasteiger partial charge in [0.25, 0.3) is 0 Å². The van der Waals surface area contributed by atoms with Crippen molar-refractivity contribution in [3.63, 3.8) is 0 Å². The van der Waals surface area contributed by atoms with E-state index in [-0.39, 0.29) is 10.6 Å². The van der Waals surface area contributed by atoms with E-state index in [1.807, 2.05) is 0 Å². The van der Waals surface area contributed by atoms with Crippen LogP contribution in [0.5, 0.6) is 5.75 Å². The molecule has 1 aromatic carbocycles. The third-order valence-corrected chi connectivity index (χ3v) is 4.01. The molecule has 2 aromatic rings.